The van der Waals surface area contributed by atoms with Gasteiger partial charge in [-0.15, -0.1) is 21.5 Å². The molecule has 5 nitrogen and oxygen atoms in total. The van der Waals surface area contributed by atoms with Crippen LogP contribution in [0.3, 0.4) is 0 Å². The van der Waals surface area contributed by atoms with E-state index in [1.165, 1.54) is 23.9 Å². The zero-order valence-electron chi connectivity index (χ0n) is 13.7. The van der Waals surface area contributed by atoms with Crippen LogP contribution in [0.4, 0.5) is 5.69 Å². The van der Waals surface area contributed by atoms with Crippen molar-refractivity contribution in [3.8, 4) is 10.7 Å². The summed E-state index contributed by atoms with van der Waals surface area (Å²) in [5.41, 5.74) is 0.413. The molecule has 1 amide bonds. The normalized spacial score (nSPS) is 12.2. The van der Waals surface area contributed by atoms with E-state index in [4.69, 9.17) is 34.8 Å². The molecule has 0 spiro atoms. The molecule has 26 heavy (non-hydrogen) atoms. The minimum absolute atomic E-state index is 0.226. The van der Waals surface area contributed by atoms with Crippen molar-refractivity contribution >= 4 is 69.5 Å². The molecular weight excluding hydrogens is 435 g/mol. The summed E-state index contributed by atoms with van der Waals surface area (Å²) >= 11 is 20.9. The van der Waals surface area contributed by atoms with Gasteiger partial charge in [0.25, 0.3) is 0 Å². The summed E-state index contributed by atoms with van der Waals surface area (Å²) in [5.74, 6) is 0.540. The van der Waals surface area contributed by atoms with E-state index in [0.717, 1.165) is 10.7 Å². The summed E-state index contributed by atoms with van der Waals surface area (Å²) < 4.78 is 1.87. The highest BCUT2D eigenvalue weighted by Crippen LogP contribution is 2.33. The highest BCUT2D eigenvalue weighted by Gasteiger charge is 2.20. The van der Waals surface area contributed by atoms with Gasteiger partial charge in [-0.3, -0.25) is 4.79 Å². The van der Waals surface area contributed by atoms with Crippen molar-refractivity contribution in [2.45, 2.75) is 17.3 Å². The average molecular weight is 448 g/mol. The van der Waals surface area contributed by atoms with Crippen molar-refractivity contribution in [1.82, 2.24) is 14.8 Å². The summed E-state index contributed by atoms with van der Waals surface area (Å²) in [6, 6.07) is 6.96. The summed E-state index contributed by atoms with van der Waals surface area (Å²) in [6.45, 7) is 1.78. The van der Waals surface area contributed by atoms with Gasteiger partial charge >= 0.3 is 0 Å². The van der Waals surface area contributed by atoms with Crippen molar-refractivity contribution in [2.24, 2.45) is 7.05 Å². The molecule has 0 aliphatic carbocycles. The second kappa shape index (κ2) is 8.19. The number of benzene rings is 1. The number of nitrogens with zero attached hydrogens (tertiary/aromatic N) is 3. The third-order valence-electron chi connectivity index (χ3n) is 3.50. The molecule has 0 radical (unpaired) electrons. The molecule has 0 saturated carbocycles. The Morgan fingerprint density at radius 2 is 1.96 bits per heavy atom. The highest BCUT2D eigenvalue weighted by molar-refractivity contribution is 8.00. The molecule has 0 saturated heterocycles. The van der Waals surface area contributed by atoms with Crippen LogP contribution < -0.4 is 5.32 Å². The quantitative estimate of drug-likeness (QED) is 0.407. The Kier molecular flexibility index (Phi) is 6.14. The second-order valence-corrected chi connectivity index (χ2v) is 8.82. The van der Waals surface area contributed by atoms with Gasteiger partial charge in [0, 0.05) is 7.05 Å². The zero-order chi connectivity index (χ0) is 18.8. The highest BCUT2D eigenvalue weighted by atomic mass is 35.5. The first-order chi connectivity index (χ1) is 12.4. The Hall–Kier alpha value is -1.25. The number of thioether (sulfide) groups is 1. The fourth-order valence-corrected chi connectivity index (χ4v) is 4.26. The van der Waals surface area contributed by atoms with Crippen LogP contribution in [-0.4, -0.2) is 25.9 Å². The van der Waals surface area contributed by atoms with E-state index in [0.29, 0.717) is 25.9 Å². The molecular formula is C16H13Cl3N4OS2. The van der Waals surface area contributed by atoms with Crippen molar-refractivity contribution < 1.29 is 4.79 Å². The van der Waals surface area contributed by atoms with Crippen LogP contribution in [0.2, 0.25) is 15.1 Å². The van der Waals surface area contributed by atoms with Crippen molar-refractivity contribution in [1.29, 1.82) is 0 Å². The minimum Gasteiger partial charge on any atom is -0.324 e. The van der Waals surface area contributed by atoms with Crippen LogP contribution in [0.5, 0.6) is 0 Å². The lowest BCUT2D eigenvalue weighted by atomic mass is 10.3. The molecule has 3 rings (SSSR count). The Labute approximate surface area is 173 Å². The molecule has 0 aliphatic heterocycles. The monoisotopic (exact) mass is 446 g/mol. The molecule has 0 bridgehead atoms. The molecule has 2 heterocycles. The first-order valence-electron chi connectivity index (χ1n) is 7.42. The summed E-state index contributed by atoms with van der Waals surface area (Å²) in [5, 5.41) is 14.3. The van der Waals surface area contributed by atoms with Gasteiger partial charge in [-0.1, -0.05) is 52.6 Å². The van der Waals surface area contributed by atoms with E-state index >= 15 is 0 Å². The second-order valence-electron chi connectivity index (χ2n) is 5.34. The minimum atomic E-state index is -0.417. The third kappa shape index (κ3) is 4.18. The number of carbonyl (C=O) groups is 1. The van der Waals surface area contributed by atoms with Gasteiger partial charge in [-0.25, -0.2) is 0 Å². The van der Waals surface area contributed by atoms with Crippen LogP contribution in [0.15, 0.2) is 34.8 Å². The average Bonchev–Trinajstić information content (AvgIpc) is 3.23. The molecule has 1 atom stereocenters. The maximum atomic E-state index is 12.5. The van der Waals surface area contributed by atoms with E-state index in [9.17, 15) is 4.79 Å². The van der Waals surface area contributed by atoms with Gasteiger partial charge < -0.3 is 9.88 Å². The smallest absolute Gasteiger partial charge is 0.237 e. The molecule has 136 valence electrons. The predicted molar refractivity (Wildman–Crippen MR) is 110 cm³/mol. The Morgan fingerprint density at radius 1 is 1.23 bits per heavy atom. The van der Waals surface area contributed by atoms with E-state index in [2.05, 4.69) is 15.5 Å². The standard InChI is InChI=1S/C16H13Cl3N4OS2/c1-8(15(24)20-12-7-10(18)9(17)6-11(12)19)26-16-22-21-14(23(16)2)13-4-3-5-25-13/h3-8H,1-2H3,(H,20,24)/t8-/m1/s1. The number of nitrogens with one attached hydrogen (secondary N) is 1. The lowest BCUT2D eigenvalue weighted by molar-refractivity contribution is -0.115. The van der Waals surface area contributed by atoms with Gasteiger partial charge in [0.2, 0.25) is 5.91 Å². The van der Waals surface area contributed by atoms with Crippen LogP contribution in [0, 0.1) is 0 Å². The van der Waals surface area contributed by atoms with E-state index in [1.54, 1.807) is 18.3 Å². The number of halogens is 3. The lowest BCUT2D eigenvalue weighted by Gasteiger charge is -2.13. The van der Waals surface area contributed by atoms with Gasteiger partial charge in [0.05, 0.1) is 30.9 Å². The van der Waals surface area contributed by atoms with E-state index in [-0.39, 0.29) is 5.91 Å². The molecule has 2 aromatic heterocycles. The number of rotatable bonds is 5. The molecule has 0 fully saturated rings. The molecule has 0 unspecified atom stereocenters. The fraction of sp³-hybridized carbons (Fsp3) is 0.188. The first kappa shape index (κ1) is 19.5. The van der Waals surface area contributed by atoms with Gasteiger partial charge in [0.1, 0.15) is 0 Å². The molecule has 3 aromatic rings. The van der Waals surface area contributed by atoms with Crippen molar-refractivity contribution in [3.05, 3.63) is 44.7 Å². The largest absolute Gasteiger partial charge is 0.324 e. The summed E-state index contributed by atoms with van der Waals surface area (Å²) in [6.07, 6.45) is 0. The van der Waals surface area contributed by atoms with Crippen LogP contribution >= 0.6 is 57.9 Å². The van der Waals surface area contributed by atoms with Crippen LogP contribution in [0.1, 0.15) is 6.92 Å². The Bertz CT molecular complexity index is 943. The number of hydrogen-bond acceptors (Lipinski definition) is 5. The summed E-state index contributed by atoms with van der Waals surface area (Å²) in [4.78, 5) is 13.5. The van der Waals surface area contributed by atoms with Crippen molar-refractivity contribution in [3.63, 3.8) is 0 Å². The van der Waals surface area contributed by atoms with Crippen molar-refractivity contribution in [2.75, 3.05) is 5.32 Å². The van der Waals surface area contributed by atoms with E-state index < -0.39 is 5.25 Å². The number of hydrogen-bond donors (Lipinski definition) is 1. The molecule has 10 heteroatoms. The van der Waals surface area contributed by atoms with Gasteiger partial charge in [0.15, 0.2) is 11.0 Å². The molecule has 1 N–H and O–H groups in total. The summed E-state index contributed by atoms with van der Waals surface area (Å²) in [7, 11) is 1.87. The number of anilines is 1. The SMILES string of the molecule is C[C@@H](Sc1nnc(-c2cccs2)n1C)C(=O)Nc1cc(Cl)c(Cl)cc1Cl. The topological polar surface area (TPSA) is 59.8 Å². The molecule has 0 aliphatic rings. The maximum absolute atomic E-state index is 12.5. The lowest BCUT2D eigenvalue weighted by Crippen LogP contribution is -2.23. The van der Waals surface area contributed by atoms with Crippen LogP contribution in [0.25, 0.3) is 10.7 Å². The zero-order valence-corrected chi connectivity index (χ0v) is 17.6. The Morgan fingerprint density at radius 3 is 2.65 bits per heavy atom. The van der Waals surface area contributed by atoms with Crippen LogP contribution in [-0.2, 0) is 11.8 Å². The number of aromatic nitrogens is 3. The van der Waals surface area contributed by atoms with E-state index in [1.807, 2.05) is 29.1 Å². The molecule has 1 aromatic carbocycles. The maximum Gasteiger partial charge on any atom is 0.237 e. The first-order valence-corrected chi connectivity index (χ1v) is 10.3. The fourth-order valence-electron chi connectivity index (χ4n) is 2.10. The Balaban J connectivity index is 1.71. The predicted octanol–water partition coefficient (Wildman–Crippen LogP) is 5.62. The van der Waals surface area contributed by atoms with Gasteiger partial charge in [-0.05, 0) is 30.5 Å². The number of thiophene rings is 1. The van der Waals surface area contributed by atoms with Gasteiger partial charge in [-0.2, -0.15) is 0 Å². The number of amides is 1. The number of carbonyl (C=O) groups excluding carboxylic acids is 1. The third-order valence-corrected chi connectivity index (χ3v) is 6.53.